The van der Waals surface area contributed by atoms with Crippen LogP contribution in [0.3, 0.4) is 0 Å². The van der Waals surface area contributed by atoms with E-state index in [-0.39, 0.29) is 0 Å². The van der Waals surface area contributed by atoms with Crippen LogP contribution < -0.4 is 5.32 Å². The lowest BCUT2D eigenvalue weighted by molar-refractivity contribution is 1.07. The molecule has 3 rings (SSSR count). The first-order valence-corrected chi connectivity index (χ1v) is 6.11. The third-order valence-electron chi connectivity index (χ3n) is 2.79. The van der Waals surface area contributed by atoms with E-state index in [4.69, 9.17) is 11.6 Å². The van der Waals surface area contributed by atoms with Gasteiger partial charge in [0.2, 0.25) is 0 Å². The number of nitrogens with zero attached hydrogens (tertiary/aromatic N) is 2. The van der Waals surface area contributed by atoms with Gasteiger partial charge in [0.25, 0.3) is 0 Å². The molecule has 0 saturated heterocycles. The molecule has 90 valence electrons. The van der Waals surface area contributed by atoms with Crippen LogP contribution in [0.1, 0.15) is 5.56 Å². The smallest absolute Gasteiger partial charge is 0.138 e. The second kappa shape index (κ2) is 4.70. The van der Waals surface area contributed by atoms with E-state index in [1.165, 1.54) is 0 Å². The fraction of sp³-hybridized carbons (Fsp3) is 0.0714. The Balaban J connectivity index is 1.83. The fourth-order valence-electron chi connectivity index (χ4n) is 1.93. The predicted octanol–water partition coefficient (Wildman–Crippen LogP) is 3.60. The molecule has 0 aliphatic carbocycles. The predicted molar refractivity (Wildman–Crippen MR) is 74.0 cm³/mol. The van der Waals surface area contributed by atoms with Crippen LogP contribution in [0.15, 0.2) is 54.9 Å². The lowest BCUT2D eigenvalue weighted by Gasteiger charge is -2.09. The van der Waals surface area contributed by atoms with Gasteiger partial charge in [-0.25, -0.2) is 4.98 Å². The Morgan fingerprint density at radius 1 is 1.17 bits per heavy atom. The summed E-state index contributed by atoms with van der Waals surface area (Å²) in [7, 11) is 0. The molecule has 2 heterocycles. The summed E-state index contributed by atoms with van der Waals surface area (Å²) in [5, 5.41) is 4.14. The lowest BCUT2D eigenvalue weighted by atomic mass is 10.2. The normalized spacial score (nSPS) is 10.7. The lowest BCUT2D eigenvalue weighted by Crippen LogP contribution is -2.03. The SMILES string of the molecule is Clc1cccc(CNc2cccc3nccn23)c1. The van der Waals surface area contributed by atoms with E-state index in [0.29, 0.717) is 0 Å². The number of hydrogen-bond acceptors (Lipinski definition) is 2. The average molecular weight is 258 g/mol. The molecule has 1 aromatic carbocycles. The number of imidazole rings is 1. The summed E-state index contributed by atoms with van der Waals surface area (Å²) in [6.07, 6.45) is 3.73. The molecule has 0 aliphatic rings. The van der Waals surface area contributed by atoms with Gasteiger partial charge >= 0.3 is 0 Å². The molecule has 0 atom stereocenters. The van der Waals surface area contributed by atoms with E-state index < -0.39 is 0 Å². The number of anilines is 1. The van der Waals surface area contributed by atoms with Crippen LogP contribution in [0, 0.1) is 0 Å². The Hall–Kier alpha value is -2.00. The maximum absolute atomic E-state index is 5.96. The Labute approximate surface area is 110 Å². The molecule has 0 spiro atoms. The molecule has 4 heteroatoms. The van der Waals surface area contributed by atoms with Crippen molar-refractivity contribution in [3.8, 4) is 0 Å². The molecular weight excluding hydrogens is 246 g/mol. The van der Waals surface area contributed by atoms with Crippen molar-refractivity contribution in [3.63, 3.8) is 0 Å². The van der Waals surface area contributed by atoms with Gasteiger partial charge < -0.3 is 5.32 Å². The molecule has 0 aliphatic heterocycles. The van der Waals surface area contributed by atoms with Crippen molar-refractivity contribution in [1.29, 1.82) is 0 Å². The van der Waals surface area contributed by atoms with Crippen LogP contribution in [0.5, 0.6) is 0 Å². The Kier molecular flexibility index (Phi) is 2.90. The quantitative estimate of drug-likeness (QED) is 0.777. The highest BCUT2D eigenvalue weighted by Gasteiger charge is 2.00. The average Bonchev–Trinajstić information content (AvgIpc) is 2.85. The number of benzene rings is 1. The van der Waals surface area contributed by atoms with E-state index in [0.717, 1.165) is 28.6 Å². The van der Waals surface area contributed by atoms with Crippen molar-refractivity contribution in [3.05, 3.63) is 65.4 Å². The third kappa shape index (κ3) is 2.17. The van der Waals surface area contributed by atoms with Crippen LogP contribution in [0.25, 0.3) is 5.65 Å². The van der Waals surface area contributed by atoms with E-state index >= 15 is 0 Å². The van der Waals surface area contributed by atoms with E-state index in [9.17, 15) is 0 Å². The highest BCUT2D eigenvalue weighted by Crippen LogP contribution is 2.14. The van der Waals surface area contributed by atoms with Gasteiger partial charge in [-0.2, -0.15) is 0 Å². The van der Waals surface area contributed by atoms with Gasteiger partial charge in [-0.3, -0.25) is 4.40 Å². The molecule has 0 amide bonds. The molecule has 0 radical (unpaired) electrons. The largest absolute Gasteiger partial charge is 0.367 e. The van der Waals surface area contributed by atoms with Gasteiger partial charge in [-0.15, -0.1) is 0 Å². The summed E-state index contributed by atoms with van der Waals surface area (Å²) in [5.41, 5.74) is 2.09. The van der Waals surface area contributed by atoms with E-state index in [2.05, 4.69) is 10.3 Å². The van der Waals surface area contributed by atoms with Crippen molar-refractivity contribution in [1.82, 2.24) is 9.38 Å². The molecule has 0 saturated carbocycles. The monoisotopic (exact) mass is 257 g/mol. The van der Waals surface area contributed by atoms with E-state index in [1.54, 1.807) is 6.20 Å². The Morgan fingerprint density at radius 2 is 2.06 bits per heavy atom. The molecule has 2 aromatic heterocycles. The first kappa shape index (κ1) is 11.1. The number of aromatic nitrogens is 2. The van der Waals surface area contributed by atoms with Crippen LogP contribution in [-0.2, 0) is 6.54 Å². The van der Waals surface area contributed by atoms with E-state index in [1.807, 2.05) is 53.1 Å². The molecule has 0 fully saturated rings. The number of hydrogen-bond donors (Lipinski definition) is 1. The molecule has 18 heavy (non-hydrogen) atoms. The topological polar surface area (TPSA) is 29.3 Å². The summed E-state index contributed by atoms with van der Waals surface area (Å²) in [4.78, 5) is 4.25. The molecule has 0 bridgehead atoms. The van der Waals surface area contributed by atoms with Crippen LogP contribution >= 0.6 is 11.6 Å². The van der Waals surface area contributed by atoms with Crippen molar-refractivity contribution in [2.24, 2.45) is 0 Å². The summed E-state index contributed by atoms with van der Waals surface area (Å²) < 4.78 is 2.02. The van der Waals surface area contributed by atoms with Crippen LogP contribution in [-0.4, -0.2) is 9.38 Å². The number of halogens is 1. The maximum atomic E-state index is 5.96. The standard InChI is InChI=1S/C14H12ClN3/c15-12-4-1-3-11(9-12)10-17-14-6-2-5-13-16-7-8-18(13)14/h1-9,17H,10H2. The zero-order chi connectivity index (χ0) is 12.4. The number of fused-ring (bicyclic) bond motifs is 1. The summed E-state index contributed by atoms with van der Waals surface area (Å²) >= 11 is 5.96. The minimum atomic E-state index is 0.734. The van der Waals surface area contributed by atoms with Crippen LogP contribution in [0.4, 0.5) is 5.82 Å². The van der Waals surface area contributed by atoms with Gasteiger partial charge in [0.15, 0.2) is 0 Å². The van der Waals surface area contributed by atoms with Crippen molar-refractivity contribution >= 4 is 23.1 Å². The van der Waals surface area contributed by atoms with Crippen molar-refractivity contribution in [2.75, 3.05) is 5.32 Å². The third-order valence-corrected chi connectivity index (χ3v) is 3.03. The maximum Gasteiger partial charge on any atom is 0.138 e. The highest BCUT2D eigenvalue weighted by molar-refractivity contribution is 6.30. The van der Waals surface area contributed by atoms with Crippen LogP contribution in [0.2, 0.25) is 5.02 Å². The minimum absolute atomic E-state index is 0.734. The summed E-state index contributed by atoms with van der Waals surface area (Å²) in [6.45, 7) is 0.734. The van der Waals surface area contributed by atoms with Gasteiger partial charge in [-0.05, 0) is 29.8 Å². The molecule has 3 nitrogen and oxygen atoms in total. The number of pyridine rings is 1. The summed E-state index contributed by atoms with van der Waals surface area (Å²) in [6, 6.07) is 13.8. The van der Waals surface area contributed by atoms with Gasteiger partial charge in [0.05, 0.1) is 0 Å². The highest BCUT2D eigenvalue weighted by atomic mass is 35.5. The molecule has 3 aromatic rings. The fourth-order valence-corrected chi connectivity index (χ4v) is 2.14. The zero-order valence-corrected chi connectivity index (χ0v) is 10.4. The Bertz CT molecular complexity index is 675. The second-order valence-electron chi connectivity index (χ2n) is 4.05. The minimum Gasteiger partial charge on any atom is -0.367 e. The Morgan fingerprint density at radius 3 is 2.94 bits per heavy atom. The van der Waals surface area contributed by atoms with Gasteiger partial charge in [0.1, 0.15) is 11.5 Å². The first-order valence-electron chi connectivity index (χ1n) is 5.73. The second-order valence-corrected chi connectivity index (χ2v) is 4.49. The first-order chi connectivity index (χ1) is 8.83. The van der Waals surface area contributed by atoms with Gasteiger partial charge in [-0.1, -0.05) is 29.8 Å². The number of nitrogens with one attached hydrogen (secondary N) is 1. The molecular formula is C14H12ClN3. The molecule has 1 N–H and O–H groups in total. The molecule has 0 unspecified atom stereocenters. The zero-order valence-electron chi connectivity index (χ0n) is 9.68. The van der Waals surface area contributed by atoms with Gasteiger partial charge in [0, 0.05) is 24.0 Å². The van der Waals surface area contributed by atoms with Crippen molar-refractivity contribution < 1.29 is 0 Å². The summed E-state index contributed by atoms with van der Waals surface area (Å²) in [5.74, 6) is 1.02. The number of rotatable bonds is 3. The van der Waals surface area contributed by atoms with Crippen molar-refractivity contribution in [2.45, 2.75) is 6.54 Å².